The molecule has 0 radical (unpaired) electrons. The van der Waals surface area contributed by atoms with Crippen molar-refractivity contribution in [1.29, 1.82) is 0 Å². The summed E-state index contributed by atoms with van der Waals surface area (Å²) in [6, 6.07) is 6.83. The molecule has 0 bridgehead atoms. The van der Waals surface area contributed by atoms with Gasteiger partial charge in [0, 0.05) is 25.8 Å². The van der Waals surface area contributed by atoms with Crippen LogP contribution in [0.2, 0.25) is 0 Å². The summed E-state index contributed by atoms with van der Waals surface area (Å²) in [7, 11) is 2.17. The normalized spacial score (nSPS) is 12.5. The Morgan fingerprint density at radius 2 is 1.94 bits per heavy atom. The Balaban J connectivity index is 3.05. The van der Waals surface area contributed by atoms with E-state index in [1.54, 1.807) is 0 Å². The van der Waals surface area contributed by atoms with Crippen molar-refractivity contribution < 1.29 is 0 Å². The Labute approximate surface area is 112 Å². The molecule has 0 amide bonds. The highest BCUT2D eigenvalue weighted by atomic mass is 15.1. The number of nitrogens with one attached hydrogen (secondary N) is 1. The maximum absolute atomic E-state index is 3.48. The molecule has 1 aromatic carbocycles. The maximum atomic E-state index is 3.48. The Morgan fingerprint density at radius 1 is 1.22 bits per heavy atom. The van der Waals surface area contributed by atoms with Crippen LogP contribution in [0.15, 0.2) is 18.2 Å². The molecule has 18 heavy (non-hydrogen) atoms. The van der Waals surface area contributed by atoms with E-state index in [0.29, 0.717) is 5.92 Å². The zero-order valence-electron chi connectivity index (χ0n) is 12.6. The van der Waals surface area contributed by atoms with Crippen LogP contribution in [0.25, 0.3) is 0 Å². The van der Waals surface area contributed by atoms with E-state index in [1.165, 1.54) is 23.2 Å². The fourth-order valence-electron chi connectivity index (χ4n) is 2.31. The lowest BCUT2D eigenvalue weighted by Gasteiger charge is -2.26. The number of nitrogens with zero attached hydrogens (tertiary/aromatic N) is 1. The van der Waals surface area contributed by atoms with Crippen LogP contribution < -0.4 is 10.2 Å². The standard InChI is InChI=1S/C16H28N2/c1-6-14(12-17-7-2)15-11-13(4)9-10-16(15)18(5)8-3/h9-11,14,17H,6-8,12H2,1-5H3. The molecule has 0 saturated carbocycles. The summed E-state index contributed by atoms with van der Waals surface area (Å²) >= 11 is 0. The Hall–Kier alpha value is -1.02. The van der Waals surface area contributed by atoms with E-state index in [2.05, 4.69) is 63.2 Å². The van der Waals surface area contributed by atoms with Gasteiger partial charge in [0.2, 0.25) is 0 Å². The molecule has 0 aliphatic carbocycles. The van der Waals surface area contributed by atoms with Crippen LogP contribution in [-0.2, 0) is 0 Å². The lowest BCUT2D eigenvalue weighted by atomic mass is 9.92. The minimum atomic E-state index is 0.605. The van der Waals surface area contributed by atoms with E-state index < -0.39 is 0 Å². The predicted molar refractivity (Wildman–Crippen MR) is 81.7 cm³/mol. The molecule has 0 heterocycles. The molecular formula is C16H28N2. The summed E-state index contributed by atoms with van der Waals surface area (Å²) in [6.07, 6.45) is 1.18. The third kappa shape index (κ3) is 3.74. The molecule has 0 spiro atoms. The molecule has 0 aliphatic rings. The van der Waals surface area contributed by atoms with Crippen LogP contribution in [0.3, 0.4) is 0 Å². The second-order valence-electron chi connectivity index (χ2n) is 4.99. The van der Waals surface area contributed by atoms with Gasteiger partial charge < -0.3 is 10.2 Å². The van der Waals surface area contributed by atoms with Crippen molar-refractivity contribution in [3.63, 3.8) is 0 Å². The quantitative estimate of drug-likeness (QED) is 0.794. The van der Waals surface area contributed by atoms with E-state index in [9.17, 15) is 0 Å². The van der Waals surface area contributed by atoms with Gasteiger partial charge in [0.1, 0.15) is 0 Å². The van der Waals surface area contributed by atoms with Gasteiger partial charge in [-0.2, -0.15) is 0 Å². The minimum absolute atomic E-state index is 0.605. The zero-order chi connectivity index (χ0) is 13.5. The van der Waals surface area contributed by atoms with Gasteiger partial charge >= 0.3 is 0 Å². The molecule has 1 rings (SSSR count). The summed E-state index contributed by atoms with van der Waals surface area (Å²) < 4.78 is 0. The third-order valence-electron chi connectivity index (χ3n) is 3.64. The second kappa shape index (κ2) is 7.42. The zero-order valence-corrected chi connectivity index (χ0v) is 12.6. The molecular weight excluding hydrogens is 220 g/mol. The van der Waals surface area contributed by atoms with Crippen molar-refractivity contribution in [3.8, 4) is 0 Å². The van der Waals surface area contributed by atoms with Crippen molar-refractivity contribution in [2.75, 3.05) is 31.6 Å². The van der Waals surface area contributed by atoms with E-state index in [0.717, 1.165) is 19.6 Å². The van der Waals surface area contributed by atoms with Crippen molar-refractivity contribution >= 4 is 5.69 Å². The van der Waals surface area contributed by atoms with Gasteiger partial charge in [-0.3, -0.25) is 0 Å². The molecule has 0 aliphatic heterocycles. The third-order valence-corrected chi connectivity index (χ3v) is 3.64. The molecule has 0 aromatic heterocycles. The number of rotatable bonds is 7. The maximum Gasteiger partial charge on any atom is 0.0399 e. The highest BCUT2D eigenvalue weighted by Gasteiger charge is 2.15. The van der Waals surface area contributed by atoms with Crippen LogP contribution in [0.4, 0.5) is 5.69 Å². The highest BCUT2D eigenvalue weighted by Crippen LogP contribution is 2.30. The fraction of sp³-hybridized carbons (Fsp3) is 0.625. The number of hydrogen-bond acceptors (Lipinski definition) is 2. The smallest absolute Gasteiger partial charge is 0.0399 e. The molecule has 1 aromatic rings. The van der Waals surface area contributed by atoms with Gasteiger partial charge in [0.25, 0.3) is 0 Å². The van der Waals surface area contributed by atoms with E-state index in [1.807, 2.05) is 0 Å². The number of aryl methyl sites for hydroxylation is 1. The summed E-state index contributed by atoms with van der Waals surface area (Å²) in [5, 5.41) is 3.48. The van der Waals surface area contributed by atoms with Crippen LogP contribution >= 0.6 is 0 Å². The first-order valence-corrected chi connectivity index (χ1v) is 7.16. The molecule has 1 atom stereocenters. The molecule has 2 heteroatoms. The summed E-state index contributed by atoms with van der Waals surface area (Å²) in [4.78, 5) is 2.34. The average molecular weight is 248 g/mol. The molecule has 0 saturated heterocycles. The lowest BCUT2D eigenvalue weighted by molar-refractivity contribution is 0.583. The van der Waals surface area contributed by atoms with Gasteiger partial charge in [-0.25, -0.2) is 0 Å². The second-order valence-corrected chi connectivity index (χ2v) is 4.99. The highest BCUT2D eigenvalue weighted by molar-refractivity contribution is 5.56. The first-order valence-electron chi connectivity index (χ1n) is 7.16. The van der Waals surface area contributed by atoms with Crippen molar-refractivity contribution in [3.05, 3.63) is 29.3 Å². The van der Waals surface area contributed by atoms with Gasteiger partial charge in [-0.15, -0.1) is 0 Å². The summed E-state index contributed by atoms with van der Waals surface area (Å²) in [6.45, 7) is 12.0. The monoisotopic (exact) mass is 248 g/mol. The first-order chi connectivity index (χ1) is 8.63. The molecule has 0 fully saturated rings. The van der Waals surface area contributed by atoms with Gasteiger partial charge in [-0.05, 0) is 44.4 Å². The van der Waals surface area contributed by atoms with Gasteiger partial charge in [0.05, 0.1) is 0 Å². The number of anilines is 1. The van der Waals surface area contributed by atoms with Crippen molar-refractivity contribution in [2.24, 2.45) is 0 Å². The fourth-order valence-corrected chi connectivity index (χ4v) is 2.31. The van der Waals surface area contributed by atoms with Gasteiger partial charge in [-0.1, -0.05) is 31.5 Å². The first kappa shape index (κ1) is 15.0. The molecule has 1 N–H and O–H groups in total. The van der Waals surface area contributed by atoms with Crippen LogP contribution in [0.5, 0.6) is 0 Å². The lowest BCUT2D eigenvalue weighted by Crippen LogP contribution is -2.24. The number of likely N-dealkylation sites (N-methyl/N-ethyl adjacent to an activating group) is 1. The summed E-state index contributed by atoms with van der Waals surface area (Å²) in [5.41, 5.74) is 4.23. The van der Waals surface area contributed by atoms with Crippen LogP contribution in [-0.4, -0.2) is 26.7 Å². The Bertz CT molecular complexity index is 360. The number of hydrogen-bond donors (Lipinski definition) is 1. The molecule has 2 nitrogen and oxygen atoms in total. The van der Waals surface area contributed by atoms with Crippen molar-refractivity contribution in [2.45, 2.75) is 40.0 Å². The minimum Gasteiger partial charge on any atom is -0.375 e. The topological polar surface area (TPSA) is 15.3 Å². The largest absolute Gasteiger partial charge is 0.375 e. The average Bonchev–Trinajstić information content (AvgIpc) is 2.39. The van der Waals surface area contributed by atoms with Crippen molar-refractivity contribution in [1.82, 2.24) is 5.32 Å². The van der Waals surface area contributed by atoms with E-state index in [-0.39, 0.29) is 0 Å². The summed E-state index contributed by atoms with van der Waals surface area (Å²) in [5.74, 6) is 0.605. The molecule has 102 valence electrons. The van der Waals surface area contributed by atoms with Crippen LogP contribution in [0, 0.1) is 6.92 Å². The number of benzene rings is 1. The van der Waals surface area contributed by atoms with E-state index in [4.69, 9.17) is 0 Å². The van der Waals surface area contributed by atoms with Crippen LogP contribution in [0.1, 0.15) is 44.2 Å². The Kier molecular flexibility index (Phi) is 6.20. The SMILES string of the molecule is CCNCC(CC)c1cc(C)ccc1N(C)CC. The predicted octanol–water partition coefficient (Wildman–Crippen LogP) is 3.55. The van der Waals surface area contributed by atoms with Gasteiger partial charge in [0.15, 0.2) is 0 Å². The van der Waals surface area contributed by atoms with E-state index >= 15 is 0 Å². The Morgan fingerprint density at radius 3 is 2.50 bits per heavy atom. The molecule has 1 unspecified atom stereocenters.